The number of carbonyl (C=O) groups excluding carboxylic acids is 1. The van der Waals surface area contributed by atoms with Crippen LogP contribution in [-0.4, -0.2) is 26.1 Å². The molecule has 2 aromatic carbocycles. The van der Waals surface area contributed by atoms with E-state index in [1.165, 1.54) is 0 Å². The van der Waals surface area contributed by atoms with Crippen LogP contribution in [0.4, 0.5) is 11.4 Å². The van der Waals surface area contributed by atoms with E-state index in [1.807, 2.05) is 56.4 Å². The fourth-order valence-electron chi connectivity index (χ4n) is 2.62. The SMILES string of the molecule is Cc1ccccc1CC(=O)Nc1ccc2c(c1)N(C)CCO2. The van der Waals surface area contributed by atoms with Crippen molar-refractivity contribution < 1.29 is 9.53 Å². The molecule has 1 heterocycles. The van der Waals surface area contributed by atoms with Crippen LogP contribution in [0, 0.1) is 6.92 Å². The van der Waals surface area contributed by atoms with Crippen LogP contribution in [-0.2, 0) is 11.2 Å². The number of hydrogen-bond acceptors (Lipinski definition) is 3. The predicted octanol–water partition coefficient (Wildman–Crippen LogP) is 3.00. The Morgan fingerprint density at radius 2 is 2.09 bits per heavy atom. The maximum atomic E-state index is 12.2. The minimum absolute atomic E-state index is 0.00590. The molecule has 3 rings (SSSR count). The highest BCUT2D eigenvalue weighted by Gasteiger charge is 2.15. The van der Waals surface area contributed by atoms with Gasteiger partial charge < -0.3 is 15.0 Å². The minimum atomic E-state index is -0.00590. The number of carbonyl (C=O) groups is 1. The lowest BCUT2D eigenvalue weighted by atomic mass is 10.1. The number of fused-ring (bicyclic) bond motifs is 1. The van der Waals surface area contributed by atoms with Crippen molar-refractivity contribution in [1.29, 1.82) is 0 Å². The highest BCUT2D eigenvalue weighted by molar-refractivity contribution is 5.93. The third-order valence-electron chi connectivity index (χ3n) is 3.95. The standard InChI is InChI=1S/C18H20N2O2/c1-13-5-3-4-6-14(13)11-18(21)19-15-7-8-17-16(12-15)20(2)9-10-22-17/h3-8,12H,9-11H2,1-2H3,(H,19,21). The lowest BCUT2D eigenvalue weighted by Crippen LogP contribution is -2.28. The molecule has 4 nitrogen and oxygen atoms in total. The Hall–Kier alpha value is -2.49. The van der Waals surface area contributed by atoms with E-state index < -0.39 is 0 Å². The van der Waals surface area contributed by atoms with Gasteiger partial charge in [-0.25, -0.2) is 0 Å². The summed E-state index contributed by atoms with van der Waals surface area (Å²) in [5, 5.41) is 2.97. The molecule has 4 heteroatoms. The first-order valence-corrected chi connectivity index (χ1v) is 7.46. The molecule has 0 unspecified atom stereocenters. The molecule has 0 fully saturated rings. The van der Waals surface area contributed by atoms with E-state index in [1.54, 1.807) is 0 Å². The van der Waals surface area contributed by atoms with E-state index in [0.717, 1.165) is 34.8 Å². The number of aryl methyl sites for hydroxylation is 1. The number of nitrogens with zero attached hydrogens (tertiary/aromatic N) is 1. The number of nitrogens with one attached hydrogen (secondary N) is 1. The monoisotopic (exact) mass is 296 g/mol. The van der Waals surface area contributed by atoms with Crippen molar-refractivity contribution in [2.75, 3.05) is 30.4 Å². The van der Waals surface area contributed by atoms with Crippen LogP contribution in [0.15, 0.2) is 42.5 Å². The molecule has 0 aliphatic carbocycles. The van der Waals surface area contributed by atoms with Crippen molar-refractivity contribution >= 4 is 17.3 Å². The Kier molecular flexibility index (Phi) is 4.00. The number of amides is 1. The molecule has 0 atom stereocenters. The maximum Gasteiger partial charge on any atom is 0.228 e. The van der Waals surface area contributed by atoms with Crippen LogP contribution >= 0.6 is 0 Å². The van der Waals surface area contributed by atoms with Gasteiger partial charge in [-0.3, -0.25) is 4.79 Å². The second kappa shape index (κ2) is 6.10. The quantitative estimate of drug-likeness (QED) is 0.946. The highest BCUT2D eigenvalue weighted by atomic mass is 16.5. The normalized spacial score (nSPS) is 13.3. The molecule has 0 bridgehead atoms. The van der Waals surface area contributed by atoms with Gasteiger partial charge in [0.1, 0.15) is 12.4 Å². The largest absolute Gasteiger partial charge is 0.490 e. The van der Waals surface area contributed by atoms with E-state index in [-0.39, 0.29) is 5.91 Å². The lowest BCUT2D eigenvalue weighted by molar-refractivity contribution is -0.115. The Balaban J connectivity index is 1.72. The first kappa shape index (κ1) is 14.4. The molecular formula is C18H20N2O2. The number of likely N-dealkylation sites (N-methyl/N-ethyl adjacent to an activating group) is 1. The average molecular weight is 296 g/mol. The molecule has 1 amide bonds. The van der Waals surface area contributed by atoms with E-state index in [2.05, 4.69) is 10.2 Å². The van der Waals surface area contributed by atoms with E-state index in [0.29, 0.717) is 13.0 Å². The van der Waals surface area contributed by atoms with E-state index in [4.69, 9.17) is 4.74 Å². The second-order valence-corrected chi connectivity index (χ2v) is 5.60. The number of ether oxygens (including phenoxy) is 1. The van der Waals surface area contributed by atoms with Crippen molar-refractivity contribution in [3.63, 3.8) is 0 Å². The maximum absolute atomic E-state index is 12.2. The molecular weight excluding hydrogens is 276 g/mol. The first-order valence-electron chi connectivity index (χ1n) is 7.46. The van der Waals surface area contributed by atoms with Crippen molar-refractivity contribution in [2.45, 2.75) is 13.3 Å². The van der Waals surface area contributed by atoms with Crippen LogP contribution in [0.2, 0.25) is 0 Å². The van der Waals surface area contributed by atoms with E-state index >= 15 is 0 Å². The van der Waals surface area contributed by atoms with Crippen LogP contribution in [0.25, 0.3) is 0 Å². The predicted molar refractivity (Wildman–Crippen MR) is 88.7 cm³/mol. The van der Waals surface area contributed by atoms with Gasteiger partial charge in [0.05, 0.1) is 18.7 Å². The van der Waals surface area contributed by atoms with Gasteiger partial charge in [-0.15, -0.1) is 0 Å². The Bertz CT molecular complexity index is 697. The van der Waals surface area contributed by atoms with Gasteiger partial charge >= 0.3 is 0 Å². The summed E-state index contributed by atoms with van der Waals surface area (Å²) in [6.45, 7) is 3.57. The smallest absolute Gasteiger partial charge is 0.228 e. The fraction of sp³-hybridized carbons (Fsp3) is 0.278. The Labute approximate surface area is 130 Å². The van der Waals surface area contributed by atoms with Crippen LogP contribution in [0.3, 0.4) is 0 Å². The number of hydrogen-bond donors (Lipinski definition) is 1. The molecule has 0 spiro atoms. The van der Waals surface area contributed by atoms with Crippen LogP contribution < -0.4 is 15.0 Å². The summed E-state index contributed by atoms with van der Waals surface area (Å²) >= 11 is 0. The number of rotatable bonds is 3. The summed E-state index contributed by atoms with van der Waals surface area (Å²) in [5.74, 6) is 0.860. The van der Waals surface area contributed by atoms with Gasteiger partial charge in [0.15, 0.2) is 0 Å². The van der Waals surface area contributed by atoms with Gasteiger partial charge in [0.2, 0.25) is 5.91 Å². The zero-order chi connectivity index (χ0) is 15.5. The molecule has 0 radical (unpaired) electrons. The summed E-state index contributed by atoms with van der Waals surface area (Å²) in [6.07, 6.45) is 0.385. The molecule has 114 valence electrons. The number of anilines is 2. The van der Waals surface area contributed by atoms with Crippen molar-refractivity contribution in [1.82, 2.24) is 0 Å². The minimum Gasteiger partial charge on any atom is -0.490 e. The van der Waals surface area contributed by atoms with Gasteiger partial charge in [-0.2, -0.15) is 0 Å². The van der Waals surface area contributed by atoms with Crippen molar-refractivity contribution in [2.24, 2.45) is 0 Å². The molecule has 1 aliphatic rings. The summed E-state index contributed by atoms with van der Waals surface area (Å²) in [4.78, 5) is 14.4. The van der Waals surface area contributed by atoms with Crippen molar-refractivity contribution in [3.8, 4) is 5.75 Å². The molecule has 22 heavy (non-hydrogen) atoms. The van der Waals surface area contributed by atoms with Gasteiger partial charge in [-0.05, 0) is 36.2 Å². The number of benzene rings is 2. The summed E-state index contributed by atoms with van der Waals surface area (Å²) in [6, 6.07) is 13.7. The molecule has 0 saturated carbocycles. The molecule has 0 aromatic heterocycles. The van der Waals surface area contributed by atoms with Crippen molar-refractivity contribution in [3.05, 3.63) is 53.6 Å². The zero-order valence-corrected chi connectivity index (χ0v) is 12.9. The second-order valence-electron chi connectivity index (χ2n) is 5.60. The molecule has 0 saturated heterocycles. The summed E-state index contributed by atoms with van der Waals surface area (Å²) in [7, 11) is 2.03. The van der Waals surface area contributed by atoms with Gasteiger partial charge in [-0.1, -0.05) is 24.3 Å². The fourth-order valence-corrected chi connectivity index (χ4v) is 2.62. The summed E-state index contributed by atoms with van der Waals surface area (Å²) in [5.41, 5.74) is 4.00. The molecule has 1 aliphatic heterocycles. The third kappa shape index (κ3) is 3.06. The van der Waals surface area contributed by atoms with Crippen LogP contribution in [0.5, 0.6) is 5.75 Å². The Morgan fingerprint density at radius 3 is 2.91 bits per heavy atom. The van der Waals surface area contributed by atoms with E-state index in [9.17, 15) is 4.79 Å². The zero-order valence-electron chi connectivity index (χ0n) is 12.9. The highest BCUT2D eigenvalue weighted by Crippen LogP contribution is 2.33. The molecule has 2 aromatic rings. The summed E-state index contributed by atoms with van der Waals surface area (Å²) < 4.78 is 5.61. The topological polar surface area (TPSA) is 41.6 Å². The van der Waals surface area contributed by atoms with Gasteiger partial charge in [0.25, 0.3) is 0 Å². The van der Waals surface area contributed by atoms with Crippen LogP contribution in [0.1, 0.15) is 11.1 Å². The lowest BCUT2D eigenvalue weighted by Gasteiger charge is -2.28. The van der Waals surface area contributed by atoms with Gasteiger partial charge in [0, 0.05) is 12.7 Å². The average Bonchev–Trinajstić information content (AvgIpc) is 2.50. The third-order valence-corrected chi connectivity index (χ3v) is 3.95. The molecule has 1 N–H and O–H groups in total. The Morgan fingerprint density at radius 1 is 1.27 bits per heavy atom. The first-order chi connectivity index (χ1) is 10.6.